The van der Waals surface area contributed by atoms with Gasteiger partial charge in [-0.3, -0.25) is 0 Å². The molecule has 19 heavy (non-hydrogen) atoms. The number of sulfonamides is 2. The molecule has 11 heteroatoms. The molecule has 0 atom stereocenters. The molecule has 0 aromatic carbocycles. The lowest BCUT2D eigenvalue weighted by molar-refractivity contribution is 0.519. The molecule has 0 radical (unpaired) electrons. The van der Waals surface area contributed by atoms with Crippen LogP contribution in [0.3, 0.4) is 0 Å². The topological polar surface area (TPSA) is 135 Å². The third kappa shape index (κ3) is 4.38. The summed E-state index contributed by atoms with van der Waals surface area (Å²) in [5, 5.41) is 0. The number of aromatic nitrogens is 2. The van der Waals surface area contributed by atoms with E-state index in [1.54, 1.807) is 0 Å². The quantitative estimate of drug-likeness (QED) is 0.634. The van der Waals surface area contributed by atoms with E-state index in [0.717, 1.165) is 16.7 Å². The fraction of sp³-hybridized carbons (Fsp3) is 0.500. The van der Waals surface area contributed by atoms with Gasteiger partial charge in [0, 0.05) is 20.6 Å². The van der Waals surface area contributed by atoms with Crippen LogP contribution >= 0.6 is 0 Å². The zero-order valence-corrected chi connectivity index (χ0v) is 12.1. The molecule has 0 aliphatic rings. The second-order valence-electron chi connectivity index (χ2n) is 3.77. The van der Waals surface area contributed by atoms with Crippen molar-refractivity contribution in [2.45, 2.75) is 4.90 Å². The van der Waals surface area contributed by atoms with Crippen LogP contribution in [-0.2, 0) is 20.0 Å². The largest absolute Gasteiger partial charge is 0.368 e. The third-order valence-corrected chi connectivity index (χ3v) is 5.42. The molecular formula is C8H15N5O4S2. The van der Waals surface area contributed by atoms with Crippen LogP contribution in [0.2, 0.25) is 0 Å². The third-order valence-electron chi connectivity index (χ3n) is 2.17. The molecular weight excluding hydrogens is 294 g/mol. The predicted octanol–water partition coefficient (Wildman–Crippen LogP) is -1.77. The van der Waals surface area contributed by atoms with Gasteiger partial charge in [-0.05, 0) is 0 Å². The second kappa shape index (κ2) is 5.77. The van der Waals surface area contributed by atoms with Crippen molar-refractivity contribution in [1.29, 1.82) is 0 Å². The molecule has 0 aliphatic carbocycles. The highest BCUT2D eigenvalue weighted by Crippen LogP contribution is 2.05. The summed E-state index contributed by atoms with van der Waals surface area (Å²) in [6.07, 6.45) is 2.09. The van der Waals surface area contributed by atoms with Gasteiger partial charge in [-0.15, -0.1) is 0 Å². The highest BCUT2D eigenvalue weighted by Gasteiger charge is 2.18. The van der Waals surface area contributed by atoms with Crippen molar-refractivity contribution in [2.24, 2.45) is 0 Å². The lowest BCUT2D eigenvalue weighted by atomic mass is 10.7. The van der Waals surface area contributed by atoms with Crippen LogP contribution in [0.25, 0.3) is 0 Å². The number of hydrogen-bond acceptors (Lipinski definition) is 7. The van der Waals surface area contributed by atoms with E-state index in [2.05, 4.69) is 14.7 Å². The van der Waals surface area contributed by atoms with Gasteiger partial charge >= 0.3 is 0 Å². The minimum atomic E-state index is -3.84. The number of nitrogens with one attached hydrogen (secondary N) is 1. The first-order chi connectivity index (χ1) is 8.65. The molecule has 1 rings (SSSR count). The first-order valence-electron chi connectivity index (χ1n) is 5.12. The van der Waals surface area contributed by atoms with E-state index in [9.17, 15) is 16.8 Å². The highest BCUT2D eigenvalue weighted by atomic mass is 32.2. The summed E-state index contributed by atoms with van der Waals surface area (Å²) in [6.45, 7) is -0.243. The monoisotopic (exact) mass is 309 g/mol. The Kier molecular flexibility index (Phi) is 4.79. The van der Waals surface area contributed by atoms with E-state index >= 15 is 0 Å². The van der Waals surface area contributed by atoms with Crippen molar-refractivity contribution in [2.75, 3.05) is 32.1 Å². The molecule has 0 saturated heterocycles. The number of nitrogens with two attached hydrogens (primary N) is 1. The normalized spacial score (nSPS) is 12.8. The van der Waals surface area contributed by atoms with Gasteiger partial charge in [0.15, 0.2) is 0 Å². The maximum Gasteiger partial charge on any atom is 0.243 e. The Morgan fingerprint density at radius 1 is 1.21 bits per heavy atom. The smallest absolute Gasteiger partial charge is 0.243 e. The maximum absolute atomic E-state index is 11.8. The van der Waals surface area contributed by atoms with Gasteiger partial charge in [-0.25, -0.2) is 35.8 Å². The molecule has 3 N–H and O–H groups in total. The summed E-state index contributed by atoms with van der Waals surface area (Å²) >= 11 is 0. The van der Waals surface area contributed by atoms with Gasteiger partial charge in [0.25, 0.3) is 0 Å². The Bertz CT molecular complexity index is 624. The van der Waals surface area contributed by atoms with E-state index in [1.165, 1.54) is 14.1 Å². The molecule has 0 saturated carbocycles. The molecule has 108 valence electrons. The minimum Gasteiger partial charge on any atom is -0.368 e. The van der Waals surface area contributed by atoms with E-state index in [-0.39, 0.29) is 23.1 Å². The van der Waals surface area contributed by atoms with Crippen molar-refractivity contribution in [1.82, 2.24) is 19.0 Å². The van der Waals surface area contributed by atoms with Crippen molar-refractivity contribution in [3.8, 4) is 0 Å². The van der Waals surface area contributed by atoms with Crippen LogP contribution in [-0.4, -0.2) is 57.5 Å². The highest BCUT2D eigenvalue weighted by molar-refractivity contribution is 7.90. The fourth-order valence-electron chi connectivity index (χ4n) is 1.04. The summed E-state index contributed by atoms with van der Waals surface area (Å²) < 4.78 is 49.6. The average molecular weight is 309 g/mol. The summed E-state index contributed by atoms with van der Waals surface area (Å²) in [5.74, 6) is -0.385. The van der Waals surface area contributed by atoms with Gasteiger partial charge in [0.1, 0.15) is 4.90 Å². The first-order valence-corrected chi connectivity index (χ1v) is 8.22. The van der Waals surface area contributed by atoms with Gasteiger partial charge < -0.3 is 5.73 Å². The molecule has 1 aromatic heterocycles. The summed E-state index contributed by atoms with van der Waals surface area (Å²) in [6, 6.07) is 0. The van der Waals surface area contributed by atoms with Crippen LogP contribution in [0.15, 0.2) is 17.3 Å². The van der Waals surface area contributed by atoms with Gasteiger partial charge in [-0.1, -0.05) is 0 Å². The zero-order chi connectivity index (χ0) is 14.7. The Morgan fingerprint density at radius 2 is 1.74 bits per heavy atom. The summed E-state index contributed by atoms with van der Waals surface area (Å²) in [5.41, 5.74) is 5.24. The van der Waals surface area contributed by atoms with Crippen molar-refractivity contribution in [3.05, 3.63) is 12.4 Å². The lowest BCUT2D eigenvalue weighted by Gasteiger charge is -2.11. The molecule has 0 aliphatic heterocycles. The molecule has 1 heterocycles. The number of rotatable bonds is 6. The first kappa shape index (κ1) is 15.8. The van der Waals surface area contributed by atoms with E-state index in [1.807, 2.05) is 0 Å². The number of hydrogen-bond donors (Lipinski definition) is 2. The van der Waals surface area contributed by atoms with Crippen molar-refractivity contribution in [3.63, 3.8) is 0 Å². The fourth-order valence-corrected chi connectivity index (χ4v) is 2.81. The zero-order valence-electron chi connectivity index (χ0n) is 10.4. The van der Waals surface area contributed by atoms with Crippen LogP contribution in [0.1, 0.15) is 0 Å². The molecule has 1 aromatic rings. The molecule has 9 nitrogen and oxygen atoms in total. The average Bonchev–Trinajstić information content (AvgIpc) is 2.28. The molecule has 0 fully saturated rings. The molecule has 0 amide bonds. The second-order valence-corrected chi connectivity index (χ2v) is 7.84. The van der Waals surface area contributed by atoms with E-state index in [0.29, 0.717) is 0 Å². The van der Waals surface area contributed by atoms with Gasteiger partial charge in [0.2, 0.25) is 26.0 Å². The molecule has 0 bridgehead atoms. The minimum absolute atomic E-state index is 0.0471. The molecule has 0 spiro atoms. The Hall–Kier alpha value is -1.30. The standard InChI is InChI=1S/C8H15N5O4S2/c1-13(2)18(14,15)4-3-12-19(16,17)7-5-10-8(9)11-6-7/h5-6,12H,3-4H2,1-2H3,(H2,9,10,11). The van der Waals surface area contributed by atoms with Crippen LogP contribution in [0.5, 0.6) is 0 Å². The maximum atomic E-state index is 11.8. The number of nitrogens with zero attached hydrogens (tertiary/aromatic N) is 3. The number of nitrogen functional groups attached to an aromatic ring is 1. The predicted molar refractivity (Wildman–Crippen MR) is 69.1 cm³/mol. The Morgan fingerprint density at radius 3 is 2.21 bits per heavy atom. The van der Waals surface area contributed by atoms with Crippen LogP contribution in [0, 0.1) is 0 Å². The number of anilines is 1. The Balaban J connectivity index is 2.70. The Labute approximate surface area is 112 Å². The van der Waals surface area contributed by atoms with Gasteiger partial charge in [0.05, 0.1) is 18.1 Å². The van der Waals surface area contributed by atoms with Crippen molar-refractivity contribution >= 4 is 26.0 Å². The summed E-state index contributed by atoms with van der Waals surface area (Å²) in [7, 11) is -4.55. The molecule has 0 unspecified atom stereocenters. The van der Waals surface area contributed by atoms with Gasteiger partial charge in [-0.2, -0.15) is 0 Å². The summed E-state index contributed by atoms with van der Waals surface area (Å²) in [4.78, 5) is 6.93. The van der Waals surface area contributed by atoms with Crippen LogP contribution in [0.4, 0.5) is 5.95 Å². The van der Waals surface area contributed by atoms with Crippen LogP contribution < -0.4 is 10.5 Å². The van der Waals surface area contributed by atoms with Crippen molar-refractivity contribution < 1.29 is 16.8 Å². The SMILES string of the molecule is CN(C)S(=O)(=O)CCNS(=O)(=O)c1cnc(N)nc1. The van der Waals surface area contributed by atoms with E-state index in [4.69, 9.17) is 5.73 Å². The van der Waals surface area contributed by atoms with E-state index < -0.39 is 20.0 Å². The lowest BCUT2D eigenvalue weighted by Crippen LogP contribution is -2.34.